The van der Waals surface area contributed by atoms with Gasteiger partial charge in [-0.05, 0) is 31.2 Å². The quantitative estimate of drug-likeness (QED) is 0.509. The molecule has 0 unspecified atom stereocenters. The number of piperazine rings is 1. The van der Waals surface area contributed by atoms with Crippen LogP contribution in [0.4, 0.5) is 26.4 Å². The molecule has 0 bridgehead atoms. The van der Waals surface area contributed by atoms with Gasteiger partial charge >= 0.3 is 0 Å². The van der Waals surface area contributed by atoms with E-state index in [0.29, 0.717) is 43.8 Å². The topological polar surface area (TPSA) is 94.5 Å². The Morgan fingerprint density at radius 2 is 1.94 bits per heavy atom. The van der Waals surface area contributed by atoms with Gasteiger partial charge in [-0.3, -0.25) is 9.89 Å². The second-order valence-corrected chi connectivity index (χ2v) is 7.56. The van der Waals surface area contributed by atoms with E-state index in [0.717, 1.165) is 23.3 Å². The van der Waals surface area contributed by atoms with E-state index in [4.69, 9.17) is 0 Å². The molecule has 11 heteroatoms. The van der Waals surface area contributed by atoms with E-state index in [1.165, 1.54) is 6.07 Å². The monoisotopic (exact) mass is 438 g/mol. The number of carbonyl (C=O) groups excluding carboxylic acids is 1. The number of nitrogens with zero attached hydrogens (tertiary/aromatic N) is 6. The second kappa shape index (κ2) is 7.91. The van der Waals surface area contributed by atoms with Gasteiger partial charge in [0.2, 0.25) is 5.95 Å². The lowest BCUT2D eigenvalue weighted by atomic mass is 10.1. The number of benzene rings is 1. The predicted molar refractivity (Wildman–Crippen MR) is 114 cm³/mol. The molecule has 1 saturated heterocycles. The molecule has 1 aliphatic heterocycles. The number of aromatic nitrogens is 5. The molecule has 2 N–H and O–H groups in total. The Hall–Kier alpha value is -4.02. The molecule has 0 spiro atoms. The standard InChI is InChI=1S/C21H20F2N8O/c1-13-11-18(27-26-13)24-19-17-3-2-6-31(17)28-21(25-19)30-9-7-29(8-10-30)20(32)15-5-4-14(22)12-16(15)23/h2-6,11-12H,7-10H2,1H3,(H2,24,25,26,27,28). The molecule has 3 aromatic heterocycles. The first-order valence-electron chi connectivity index (χ1n) is 10.1. The van der Waals surface area contributed by atoms with Crippen LogP contribution in [0.3, 0.4) is 0 Å². The van der Waals surface area contributed by atoms with Crippen LogP contribution in [0, 0.1) is 18.6 Å². The lowest BCUT2D eigenvalue weighted by Gasteiger charge is -2.34. The molecule has 1 aromatic carbocycles. The van der Waals surface area contributed by atoms with Gasteiger partial charge in [-0.2, -0.15) is 10.1 Å². The zero-order valence-electron chi connectivity index (χ0n) is 17.2. The molecule has 9 nitrogen and oxygen atoms in total. The van der Waals surface area contributed by atoms with Crippen molar-refractivity contribution in [2.75, 3.05) is 36.4 Å². The minimum absolute atomic E-state index is 0.134. The number of fused-ring (bicyclic) bond motifs is 1. The van der Waals surface area contributed by atoms with Crippen molar-refractivity contribution in [3.05, 3.63) is 65.5 Å². The zero-order valence-corrected chi connectivity index (χ0v) is 17.2. The minimum Gasteiger partial charge on any atom is -0.336 e. The first kappa shape index (κ1) is 19.9. The van der Waals surface area contributed by atoms with Crippen LogP contribution in [0.15, 0.2) is 42.6 Å². The fourth-order valence-corrected chi connectivity index (χ4v) is 3.70. The summed E-state index contributed by atoms with van der Waals surface area (Å²) in [6.45, 7) is 3.59. The van der Waals surface area contributed by atoms with Gasteiger partial charge in [-0.25, -0.2) is 13.3 Å². The van der Waals surface area contributed by atoms with E-state index < -0.39 is 17.5 Å². The molecule has 0 atom stereocenters. The lowest BCUT2D eigenvalue weighted by Crippen LogP contribution is -2.49. The summed E-state index contributed by atoms with van der Waals surface area (Å²) in [6.07, 6.45) is 1.83. The van der Waals surface area contributed by atoms with Crippen LogP contribution in [-0.2, 0) is 0 Å². The molecule has 1 aliphatic rings. The Morgan fingerprint density at radius 3 is 2.66 bits per heavy atom. The normalized spacial score (nSPS) is 14.2. The van der Waals surface area contributed by atoms with Gasteiger partial charge in [-0.15, -0.1) is 5.10 Å². The number of carbonyl (C=O) groups is 1. The summed E-state index contributed by atoms with van der Waals surface area (Å²) in [5.74, 6) is -0.270. The summed E-state index contributed by atoms with van der Waals surface area (Å²) >= 11 is 0. The molecule has 32 heavy (non-hydrogen) atoms. The summed E-state index contributed by atoms with van der Waals surface area (Å²) in [5, 5.41) is 14.9. The van der Waals surface area contributed by atoms with E-state index in [2.05, 4.69) is 25.6 Å². The van der Waals surface area contributed by atoms with Gasteiger partial charge in [-0.1, -0.05) is 0 Å². The van der Waals surface area contributed by atoms with Gasteiger partial charge in [0.15, 0.2) is 11.6 Å². The summed E-state index contributed by atoms with van der Waals surface area (Å²) in [5.41, 5.74) is 1.59. The Bertz CT molecular complexity index is 1290. The molecule has 0 saturated carbocycles. The highest BCUT2D eigenvalue weighted by Gasteiger charge is 2.26. The van der Waals surface area contributed by atoms with Crippen molar-refractivity contribution in [1.82, 2.24) is 29.7 Å². The molecule has 5 rings (SSSR count). The van der Waals surface area contributed by atoms with Gasteiger partial charge in [0.1, 0.15) is 17.2 Å². The first-order chi connectivity index (χ1) is 15.5. The van der Waals surface area contributed by atoms with Crippen molar-refractivity contribution in [1.29, 1.82) is 0 Å². The highest BCUT2D eigenvalue weighted by atomic mass is 19.1. The Morgan fingerprint density at radius 1 is 1.12 bits per heavy atom. The predicted octanol–water partition coefficient (Wildman–Crippen LogP) is 2.75. The van der Waals surface area contributed by atoms with Crippen molar-refractivity contribution >= 4 is 29.0 Å². The second-order valence-electron chi connectivity index (χ2n) is 7.56. The van der Waals surface area contributed by atoms with Gasteiger partial charge in [0.25, 0.3) is 5.91 Å². The Kier molecular flexibility index (Phi) is 4.92. The number of anilines is 3. The number of aromatic amines is 1. The van der Waals surface area contributed by atoms with E-state index >= 15 is 0 Å². The molecule has 164 valence electrons. The highest BCUT2D eigenvalue weighted by molar-refractivity contribution is 5.94. The molecule has 4 aromatic rings. The number of amides is 1. The summed E-state index contributed by atoms with van der Waals surface area (Å²) < 4.78 is 28.9. The maximum atomic E-state index is 14.0. The third-order valence-corrected chi connectivity index (χ3v) is 5.34. The van der Waals surface area contributed by atoms with E-state index in [1.807, 2.05) is 36.2 Å². The molecule has 0 aliphatic carbocycles. The van der Waals surface area contributed by atoms with Crippen molar-refractivity contribution in [2.24, 2.45) is 0 Å². The maximum absolute atomic E-state index is 14.0. The van der Waals surface area contributed by atoms with Gasteiger partial charge in [0.05, 0.1) is 5.56 Å². The first-order valence-corrected chi connectivity index (χ1v) is 10.1. The smallest absolute Gasteiger partial charge is 0.256 e. The van der Waals surface area contributed by atoms with E-state index in [-0.39, 0.29) is 5.56 Å². The summed E-state index contributed by atoms with van der Waals surface area (Å²) in [4.78, 5) is 20.9. The molecule has 1 amide bonds. The van der Waals surface area contributed by atoms with Crippen LogP contribution < -0.4 is 10.2 Å². The molecule has 1 fully saturated rings. The molecule has 4 heterocycles. The zero-order chi connectivity index (χ0) is 22.2. The largest absolute Gasteiger partial charge is 0.336 e. The number of aryl methyl sites for hydroxylation is 1. The number of hydrogen-bond donors (Lipinski definition) is 2. The Labute approximate surface area is 181 Å². The minimum atomic E-state index is -0.858. The van der Waals surface area contributed by atoms with Crippen LogP contribution in [0.5, 0.6) is 0 Å². The van der Waals surface area contributed by atoms with Crippen LogP contribution in [-0.4, -0.2) is 61.8 Å². The van der Waals surface area contributed by atoms with Gasteiger partial charge in [0, 0.05) is 50.2 Å². The number of rotatable bonds is 4. The van der Waals surface area contributed by atoms with Crippen molar-refractivity contribution in [3.63, 3.8) is 0 Å². The SMILES string of the molecule is Cc1cc(Nc2nc(N3CCN(C(=O)c4ccc(F)cc4F)CC3)nn3cccc23)n[nH]1. The van der Waals surface area contributed by atoms with Crippen LogP contribution in [0.25, 0.3) is 5.52 Å². The van der Waals surface area contributed by atoms with Crippen molar-refractivity contribution < 1.29 is 13.6 Å². The Balaban J connectivity index is 1.34. The fourth-order valence-electron chi connectivity index (χ4n) is 3.70. The number of nitrogens with one attached hydrogen (secondary N) is 2. The van der Waals surface area contributed by atoms with Crippen LogP contribution in [0.1, 0.15) is 16.1 Å². The number of hydrogen-bond acceptors (Lipinski definition) is 6. The highest BCUT2D eigenvalue weighted by Crippen LogP contribution is 2.23. The third kappa shape index (κ3) is 3.72. The molecule has 0 radical (unpaired) electrons. The molecular weight excluding hydrogens is 418 g/mol. The van der Waals surface area contributed by atoms with Crippen LogP contribution in [0.2, 0.25) is 0 Å². The maximum Gasteiger partial charge on any atom is 0.256 e. The van der Waals surface area contributed by atoms with E-state index in [1.54, 1.807) is 9.42 Å². The average molecular weight is 438 g/mol. The number of halogens is 2. The molecular formula is C21H20F2N8O. The number of H-pyrrole nitrogens is 1. The lowest BCUT2D eigenvalue weighted by molar-refractivity contribution is 0.0741. The van der Waals surface area contributed by atoms with Gasteiger partial charge < -0.3 is 15.1 Å². The van der Waals surface area contributed by atoms with Crippen LogP contribution >= 0.6 is 0 Å². The average Bonchev–Trinajstić information content (AvgIpc) is 3.42. The summed E-state index contributed by atoms with van der Waals surface area (Å²) in [7, 11) is 0. The third-order valence-electron chi connectivity index (χ3n) is 5.34. The fraction of sp³-hybridized carbons (Fsp3) is 0.238. The van der Waals surface area contributed by atoms with Crippen molar-refractivity contribution in [3.8, 4) is 0 Å². The summed E-state index contributed by atoms with van der Waals surface area (Å²) in [6, 6.07) is 8.64. The van der Waals surface area contributed by atoms with Crippen molar-refractivity contribution in [2.45, 2.75) is 6.92 Å². The van der Waals surface area contributed by atoms with E-state index in [9.17, 15) is 13.6 Å².